The zero-order valence-corrected chi connectivity index (χ0v) is 9.47. The third-order valence-corrected chi connectivity index (χ3v) is 3.04. The van der Waals surface area contributed by atoms with Gasteiger partial charge in [0.25, 0.3) is 0 Å². The van der Waals surface area contributed by atoms with E-state index in [0.29, 0.717) is 0 Å². The van der Waals surface area contributed by atoms with Gasteiger partial charge in [0.05, 0.1) is 6.54 Å². The van der Waals surface area contributed by atoms with Crippen molar-refractivity contribution in [1.29, 1.82) is 0 Å². The molecular weight excluding hydrogens is 172 g/mol. The van der Waals surface area contributed by atoms with Crippen LogP contribution < -0.4 is 5.32 Å². The van der Waals surface area contributed by atoms with Gasteiger partial charge in [0.2, 0.25) is 0 Å². The van der Waals surface area contributed by atoms with Gasteiger partial charge < -0.3 is 5.32 Å². The van der Waals surface area contributed by atoms with Gasteiger partial charge in [-0.05, 0) is 32.9 Å². The Morgan fingerprint density at radius 1 is 1.50 bits per heavy atom. The van der Waals surface area contributed by atoms with Crippen molar-refractivity contribution in [3.8, 4) is 12.3 Å². The topological polar surface area (TPSA) is 15.3 Å². The van der Waals surface area contributed by atoms with Crippen molar-refractivity contribution in [3.63, 3.8) is 0 Å². The molecule has 1 heterocycles. The van der Waals surface area contributed by atoms with Crippen LogP contribution in [0.1, 0.15) is 33.1 Å². The van der Waals surface area contributed by atoms with Crippen LogP contribution in [0, 0.1) is 12.3 Å². The predicted octanol–water partition coefficient (Wildman–Crippen LogP) is 1.47. The molecule has 1 aliphatic heterocycles. The minimum atomic E-state index is 0.283. The fourth-order valence-electron chi connectivity index (χ4n) is 2.16. The van der Waals surface area contributed by atoms with Crippen molar-refractivity contribution < 1.29 is 0 Å². The summed E-state index contributed by atoms with van der Waals surface area (Å²) in [7, 11) is 0. The molecule has 2 heteroatoms. The van der Waals surface area contributed by atoms with E-state index < -0.39 is 0 Å². The van der Waals surface area contributed by atoms with E-state index in [4.69, 9.17) is 6.42 Å². The molecule has 0 aromatic heterocycles. The Morgan fingerprint density at radius 2 is 2.29 bits per heavy atom. The summed E-state index contributed by atoms with van der Waals surface area (Å²) in [6.07, 6.45) is 9.27. The average Bonchev–Trinajstić information content (AvgIpc) is 2.18. The maximum Gasteiger partial charge on any atom is 0.0599 e. The van der Waals surface area contributed by atoms with Gasteiger partial charge in [-0.2, -0.15) is 0 Å². The van der Waals surface area contributed by atoms with Gasteiger partial charge in [-0.15, -0.1) is 6.42 Å². The molecule has 1 rings (SSSR count). The summed E-state index contributed by atoms with van der Waals surface area (Å²) >= 11 is 0. The number of rotatable bonds is 4. The Bertz CT molecular complexity index is 199. The Morgan fingerprint density at radius 3 is 2.79 bits per heavy atom. The molecule has 80 valence electrons. The quantitative estimate of drug-likeness (QED) is 0.682. The van der Waals surface area contributed by atoms with E-state index in [2.05, 4.69) is 30.0 Å². The van der Waals surface area contributed by atoms with Crippen molar-refractivity contribution in [2.75, 3.05) is 26.2 Å². The van der Waals surface area contributed by atoms with Crippen LogP contribution in [0.25, 0.3) is 0 Å². The lowest BCUT2D eigenvalue weighted by Crippen LogP contribution is -2.53. The minimum absolute atomic E-state index is 0.283. The first-order valence-corrected chi connectivity index (χ1v) is 5.61. The highest BCUT2D eigenvalue weighted by molar-refractivity contribution is 4.94. The Labute approximate surface area is 88.1 Å². The normalized spacial score (nSPS) is 27.6. The second-order valence-electron chi connectivity index (χ2n) is 4.45. The maximum atomic E-state index is 5.34. The molecule has 1 unspecified atom stereocenters. The number of hydrogen-bond acceptors (Lipinski definition) is 2. The molecule has 0 saturated carbocycles. The fraction of sp³-hybridized carbons (Fsp3) is 0.833. The molecule has 0 aliphatic carbocycles. The second kappa shape index (κ2) is 5.38. The molecule has 2 nitrogen and oxygen atoms in total. The summed E-state index contributed by atoms with van der Waals surface area (Å²) in [6.45, 7) is 8.53. The standard InChI is InChI=1S/C12H22N2/c1-4-10-14(5-2)11-12(3)8-6-7-9-13-12/h1,13H,5-11H2,2-3H3. The molecule has 1 saturated heterocycles. The molecule has 1 atom stereocenters. The highest BCUT2D eigenvalue weighted by atomic mass is 15.2. The van der Waals surface area contributed by atoms with E-state index in [1.165, 1.54) is 19.3 Å². The van der Waals surface area contributed by atoms with Crippen molar-refractivity contribution in [2.45, 2.75) is 38.6 Å². The number of piperidine rings is 1. The zero-order valence-electron chi connectivity index (χ0n) is 9.47. The van der Waals surface area contributed by atoms with Gasteiger partial charge in [0.1, 0.15) is 0 Å². The molecule has 1 aliphatic rings. The van der Waals surface area contributed by atoms with E-state index in [0.717, 1.165) is 26.2 Å². The molecule has 0 amide bonds. The molecule has 0 aromatic rings. The first-order chi connectivity index (χ1) is 6.70. The first-order valence-electron chi connectivity index (χ1n) is 5.61. The lowest BCUT2D eigenvalue weighted by Gasteiger charge is -2.38. The Balaban J connectivity index is 2.43. The van der Waals surface area contributed by atoms with Crippen LogP contribution in [0.3, 0.4) is 0 Å². The molecule has 0 bridgehead atoms. The molecule has 1 fully saturated rings. The van der Waals surface area contributed by atoms with Gasteiger partial charge >= 0.3 is 0 Å². The molecule has 14 heavy (non-hydrogen) atoms. The summed E-state index contributed by atoms with van der Waals surface area (Å²) in [5.41, 5.74) is 0.283. The van der Waals surface area contributed by atoms with Gasteiger partial charge in [-0.25, -0.2) is 0 Å². The van der Waals surface area contributed by atoms with Gasteiger partial charge in [0.15, 0.2) is 0 Å². The zero-order chi connectivity index (χ0) is 10.4. The maximum absolute atomic E-state index is 5.34. The number of nitrogens with one attached hydrogen (secondary N) is 1. The smallest absolute Gasteiger partial charge is 0.0599 e. The summed E-state index contributed by atoms with van der Waals surface area (Å²) < 4.78 is 0. The van der Waals surface area contributed by atoms with Crippen LogP contribution in [0.15, 0.2) is 0 Å². The van der Waals surface area contributed by atoms with Gasteiger partial charge in [-0.3, -0.25) is 4.90 Å². The monoisotopic (exact) mass is 194 g/mol. The number of terminal acetylenes is 1. The number of likely N-dealkylation sites (N-methyl/N-ethyl adjacent to an activating group) is 1. The van der Waals surface area contributed by atoms with Gasteiger partial charge in [0, 0.05) is 12.1 Å². The predicted molar refractivity (Wildman–Crippen MR) is 61.2 cm³/mol. The fourth-order valence-corrected chi connectivity index (χ4v) is 2.16. The summed E-state index contributed by atoms with van der Waals surface area (Å²) in [5, 5.41) is 3.61. The highest BCUT2D eigenvalue weighted by Gasteiger charge is 2.27. The minimum Gasteiger partial charge on any atom is -0.310 e. The summed E-state index contributed by atoms with van der Waals surface area (Å²) in [5.74, 6) is 2.72. The first kappa shape index (κ1) is 11.6. The Kier molecular flexibility index (Phi) is 4.44. The van der Waals surface area contributed by atoms with Crippen LogP contribution >= 0.6 is 0 Å². The second-order valence-corrected chi connectivity index (χ2v) is 4.45. The van der Waals surface area contributed by atoms with E-state index >= 15 is 0 Å². The van der Waals surface area contributed by atoms with Crippen LogP contribution in [0.5, 0.6) is 0 Å². The lowest BCUT2D eigenvalue weighted by molar-refractivity contribution is 0.182. The van der Waals surface area contributed by atoms with Gasteiger partial charge in [-0.1, -0.05) is 19.3 Å². The van der Waals surface area contributed by atoms with Crippen LogP contribution in [0.4, 0.5) is 0 Å². The van der Waals surface area contributed by atoms with Crippen molar-refractivity contribution in [3.05, 3.63) is 0 Å². The summed E-state index contributed by atoms with van der Waals surface area (Å²) in [4.78, 5) is 2.33. The molecule has 0 radical (unpaired) electrons. The SMILES string of the molecule is C#CCN(CC)CC1(C)CCCCN1. The van der Waals surface area contributed by atoms with Crippen LogP contribution in [-0.2, 0) is 0 Å². The van der Waals surface area contributed by atoms with Crippen molar-refractivity contribution in [1.82, 2.24) is 10.2 Å². The highest BCUT2D eigenvalue weighted by Crippen LogP contribution is 2.19. The molecular formula is C12H22N2. The largest absolute Gasteiger partial charge is 0.310 e. The lowest BCUT2D eigenvalue weighted by atomic mass is 9.90. The van der Waals surface area contributed by atoms with E-state index in [-0.39, 0.29) is 5.54 Å². The van der Waals surface area contributed by atoms with Crippen molar-refractivity contribution >= 4 is 0 Å². The third kappa shape index (κ3) is 3.32. The van der Waals surface area contributed by atoms with E-state index in [1.54, 1.807) is 0 Å². The average molecular weight is 194 g/mol. The van der Waals surface area contributed by atoms with E-state index in [1.807, 2.05) is 0 Å². The van der Waals surface area contributed by atoms with Crippen molar-refractivity contribution in [2.24, 2.45) is 0 Å². The van der Waals surface area contributed by atoms with Crippen LogP contribution in [0.2, 0.25) is 0 Å². The molecule has 1 N–H and O–H groups in total. The third-order valence-electron chi connectivity index (χ3n) is 3.04. The van der Waals surface area contributed by atoms with Crippen LogP contribution in [-0.4, -0.2) is 36.6 Å². The number of hydrogen-bond donors (Lipinski definition) is 1. The molecule has 0 spiro atoms. The van der Waals surface area contributed by atoms with E-state index in [9.17, 15) is 0 Å². The summed E-state index contributed by atoms with van der Waals surface area (Å²) in [6, 6.07) is 0. The molecule has 0 aromatic carbocycles. The number of nitrogens with zero attached hydrogens (tertiary/aromatic N) is 1. The Hall–Kier alpha value is -0.520.